The van der Waals surface area contributed by atoms with Gasteiger partial charge in [-0.1, -0.05) is 23.9 Å². The second-order valence-corrected chi connectivity index (χ2v) is 8.74. The van der Waals surface area contributed by atoms with E-state index in [4.69, 9.17) is 0 Å². The van der Waals surface area contributed by atoms with Crippen LogP contribution in [0.3, 0.4) is 0 Å². The van der Waals surface area contributed by atoms with E-state index in [0.29, 0.717) is 0 Å². The van der Waals surface area contributed by atoms with Gasteiger partial charge in [0.2, 0.25) is 0 Å². The molecule has 26 heavy (non-hydrogen) atoms. The van der Waals surface area contributed by atoms with Crippen LogP contribution in [-0.2, 0) is 11.8 Å². The van der Waals surface area contributed by atoms with E-state index in [1.54, 1.807) is 27.7 Å². The zero-order valence-electron chi connectivity index (χ0n) is 14.3. The lowest BCUT2D eigenvalue weighted by Crippen LogP contribution is -2.28. The number of thiophene rings is 2. The van der Waals surface area contributed by atoms with Crippen LogP contribution in [0.2, 0.25) is 0 Å². The van der Waals surface area contributed by atoms with Crippen LogP contribution in [0, 0.1) is 6.92 Å². The highest BCUT2D eigenvalue weighted by atomic mass is 32.2. The zero-order valence-corrected chi connectivity index (χ0v) is 16.8. The van der Waals surface area contributed by atoms with E-state index < -0.39 is 0 Å². The van der Waals surface area contributed by atoms with Crippen LogP contribution in [0.1, 0.15) is 28.0 Å². The molecule has 1 unspecified atom stereocenters. The number of amides is 1. The highest BCUT2D eigenvalue weighted by Crippen LogP contribution is 2.36. The smallest absolute Gasteiger partial charge is 0.253 e. The van der Waals surface area contributed by atoms with Crippen molar-refractivity contribution in [2.45, 2.75) is 24.5 Å². The van der Waals surface area contributed by atoms with Crippen LogP contribution < -0.4 is 0 Å². The normalized spacial score (nSPS) is 16.9. The first-order valence-corrected chi connectivity index (χ1v) is 10.8. The molecule has 1 atom stereocenters. The van der Waals surface area contributed by atoms with E-state index in [9.17, 15) is 4.79 Å². The van der Waals surface area contributed by atoms with Crippen molar-refractivity contribution in [2.24, 2.45) is 12.1 Å². The average Bonchev–Trinajstić information content (AvgIpc) is 3.42. The van der Waals surface area contributed by atoms with Crippen molar-refractivity contribution in [1.29, 1.82) is 0 Å². The summed E-state index contributed by atoms with van der Waals surface area (Å²) in [5, 5.41) is 19.3. The van der Waals surface area contributed by atoms with Crippen LogP contribution in [0.4, 0.5) is 0 Å². The van der Waals surface area contributed by atoms with Crippen LogP contribution in [0.5, 0.6) is 0 Å². The van der Waals surface area contributed by atoms with Crippen molar-refractivity contribution >= 4 is 46.1 Å². The Morgan fingerprint density at radius 1 is 1.27 bits per heavy atom. The van der Waals surface area contributed by atoms with Gasteiger partial charge in [-0.2, -0.15) is 5.10 Å². The predicted octanol–water partition coefficient (Wildman–Crippen LogP) is 3.72. The fourth-order valence-electron chi connectivity index (χ4n) is 2.74. The maximum absolute atomic E-state index is 12.9. The van der Waals surface area contributed by atoms with Crippen molar-refractivity contribution in [3.8, 4) is 0 Å². The molecule has 0 aliphatic carbocycles. The molecule has 1 aliphatic heterocycles. The van der Waals surface area contributed by atoms with E-state index in [0.717, 1.165) is 32.9 Å². The molecular weight excluding hydrogens is 386 g/mol. The Kier molecular flexibility index (Phi) is 4.92. The highest BCUT2D eigenvalue weighted by molar-refractivity contribution is 7.99. The van der Waals surface area contributed by atoms with E-state index in [1.165, 1.54) is 11.8 Å². The number of aromatic nitrogens is 3. The number of carbonyl (C=O) groups excluding carboxylic acids is 1. The summed E-state index contributed by atoms with van der Waals surface area (Å²) in [7, 11) is 1.90. The molecule has 0 N–H and O–H groups in total. The van der Waals surface area contributed by atoms with Gasteiger partial charge in [-0.3, -0.25) is 4.79 Å². The maximum atomic E-state index is 12.9. The Morgan fingerprint density at radius 3 is 2.73 bits per heavy atom. The molecule has 0 fully saturated rings. The molecule has 4 rings (SSSR count). The van der Waals surface area contributed by atoms with Gasteiger partial charge in [-0.05, 0) is 29.8 Å². The number of hydrazone groups is 1. The summed E-state index contributed by atoms with van der Waals surface area (Å²) >= 11 is 4.72. The highest BCUT2D eigenvalue weighted by Gasteiger charge is 2.34. The summed E-state index contributed by atoms with van der Waals surface area (Å²) in [6.07, 6.45) is 0.750. The SMILES string of the molecule is Cc1nnc(SCC(=O)N2N=C(c3cccs3)CC2c2cccs2)n1C. The third kappa shape index (κ3) is 3.34. The zero-order chi connectivity index (χ0) is 18.1. The van der Waals surface area contributed by atoms with Gasteiger partial charge in [0.25, 0.3) is 5.91 Å². The van der Waals surface area contributed by atoms with Gasteiger partial charge in [0.1, 0.15) is 5.82 Å². The second-order valence-electron chi connectivity index (χ2n) is 5.88. The molecule has 3 aromatic rings. The number of carbonyl (C=O) groups is 1. The van der Waals surface area contributed by atoms with Gasteiger partial charge in [-0.15, -0.1) is 32.9 Å². The van der Waals surface area contributed by atoms with Crippen molar-refractivity contribution in [2.75, 3.05) is 5.75 Å². The number of hydrogen-bond acceptors (Lipinski definition) is 7. The third-order valence-corrected chi connectivity index (χ3v) is 7.12. The predicted molar refractivity (Wildman–Crippen MR) is 106 cm³/mol. The minimum atomic E-state index is -0.0265. The lowest BCUT2D eigenvalue weighted by atomic mass is 10.1. The summed E-state index contributed by atoms with van der Waals surface area (Å²) in [6.45, 7) is 1.89. The number of nitrogens with zero attached hydrogens (tertiary/aromatic N) is 5. The molecule has 0 spiro atoms. The molecule has 3 aromatic heterocycles. The largest absolute Gasteiger partial charge is 0.309 e. The van der Waals surface area contributed by atoms with E-state index in [-0.39, 0.29) is 17.7 Å². The fourth-order valence-corrected chi connectivity index (χ4v) is 5.08. The topological polar surface area (TPSA) is 63.4 Å². The molecule has 9 heteroatoms. The summed E-state index contributed by atoms with van der Waals surface area (Å²) < 4.78 is 1.89. The minimum Gasteiger partial charge on any atom is -0.309 e. The molecule has 6 nitrogen and oxygen atoms in total. The molecule has 134 valence electrons. The molecule has 0 aromatic carbocycles. The van der Waals surface area contributed by atoms with Crippen LogP contribution in [0.25, 0.3) is 0 Å². The summed E-state index contributed by atoms with van der Waals surface area (Å²) in [6, 6.07) is 8.13. The van der Waals surface area contributed by atoms with Gasteiger partial charge in [-0.25, -0.2) is 5.01 Å². The van der Waals surface area contributed by atoms with Gasteiger partial charge >= 0.3 is 0 Å². The van der Waals surface area contributed by atoms with Gasteiger partial charge in [0.15, 0.2) is 5.16 Å². The monoisotopic (exact) mass is 403 g/mol. The maximum Gasteiger partial charge on any atom is 0.253 e. The molecule has 4 heterocycles. The quantitative estimate of drug-likeness (QED) is 0.609. The van der Waals surface area contributed by atoms with Crippen LogP contribution >= 0.6 is 34.4 Å². The summed E-state index contributed by atoms with van der Waals surface area (Å²) in [4.78, 5) is 15.2. The molecule has 1 aliphatic rings. The third-order valence-electron chi connectivity index (χ3n) is 4.22. The first kappa shape index (κ1) is 17.4. The lowest BCUT2D eigenvalue weighted by molar-refractivity contribution is -0.130. The Labute approximate surface area is 163 Å². The number of hydrogen-bond donors (Lipinski definition) is 0. The van der Waals surface area contributed by atoms with Crippen molar-refractivity contribution in [1.82, 2.24) is 19.8 Å². The van der Waals surface area contributed by atoms with Crippen LogP contribution in [0.15, 0.2) is 45.3 Å². The standard InChI is InChI=1S/C17H17N5OS3/c1-11-18-19-17(21(11)2)26-10-16(23)22-13(15-6-4-8-25-15)9-12(20-22)14-5-3-7-24-14/h3-8,13H,9-10H2,1-2H3. The lowest BCUT2D eigenvalue weighted by Gasteiger charge is -2.20. The Balaban J connectivity index is 1.54. The Hall–Kier alpha value is -1.97. The van der Waals surface area contributed by atoms with Crippen molar-refractivity contribution in [3.05, 3.63) is 50.6 Å². The van der Waals surface area contributed by atoms with Crippen molar-refractivity contribution in [3.63, 3.8) is 0 Å². The van der Waals surface area contributed by atoms with Gasteiger partial charge in [0, 0.05) is 18.3 Å². The molecule has 0 saturated heterocycles. The number of rotatable bonds is 5. The molecule has 0 bridgehead atoms. The number of thioether (sulfide) groups is 1. The molecule has 1 amide bonds. The molecule has 0 radical (unpaired) electrons. The van der Waals surface area contributed by atoms with Crippen molar-refractivity contribution < 1.29 is 4.79 Å². The fraction of sp³-hybridized carbons (Fsp3) is 0.294. The Morgan fingerprint density at radius 2 is 2.08 bits per heavy atom. The van der Waals surface area contributed by atoms with Gasteiger partial charge < -0.3 is 4.57 Å². The molecule has 0 saturated carbocycles. The average molecular weight is 404 g/mol. The second kappa shape index (κ2) is 7.34. The molecular formula is C17H17N5OS3. The van der Waals surface area contributed by atoms with Gasteiger partial charge in [0.05, 0.1) is 22.4 Å². The van der Waals surface area contributed by atoms with E-state index in [1.807, 2.05) is 41.4 Å². The summed E-state index contributed by atoms with van der Waals surface area (Å²) in [5.74, 6) is 1.10. The Bertz CT molecular complexity index is 930. The van der Waals surface area contributed by atoms with E-state index in [2.05, 4.69) is 27.4 Å². The van der Waals surface area contributed by atoms with E-state index >= 15 is 0 Å². The van der Waals surface area contributed by atoms with Crippen LogP contribution in [-0.4, -0.2) is 37.1 Å². The number of aryl methyl sites for hydroxylation is 1. The first-order valence-electron chi connectivity index (χ1n) is 8.09. The minimum absolute atomic E-state index is 0.0133. The summed E-state index contributed by atoms with van der Waals surface area (Å²) in [5.41, 5.74) is 0.978. The first-order chi connectivity index (χ1) is 12.6.